The zero-order valence-corrected chi connectivity index (χ0v) is 16.4. The Bertz CT molecular complexity index is 1100. The Hall–Kier alpha value is -3.32. The number of imide groups is 1. The standard InChI is InChI=1S/C22H18N3O3S/c26-19(12-15-6-2-1-3-7-15)24-11-10-23-16(14-29-22(23)24)13-25-20(27)17-8-4-5-9-18(17)21(25)28/h1-9,14H,10-13H2/q+1. The van der Waals surface area contributed by atoms with Gasteiger partial charge in [-0.05, 0) is 17.7 Å². The fourth-order valence-electron chi connectivity index (χ4n) is 3.88. The molecule has 144 valence electrons. The van der Waals surface area contributed by atoms with Crippen LogP contribution < -0.4 is 9.47 Å². The topological polar surface area (TPSA) is 61.6 Å². The number of fused-ring (bicyclic) bond motifs is 2. The summed E-state index contributed by atoms with van der Waals surface area (Å²) < 4.78 is 2.04. The van der Waals surface area contributed by atoms with Gasteiger partial charge in [-0.1, -0.05) is 53.8 Å². The van der Waals surface area contributed by atoms with Crippen molar-refractivity contribution in [1.29, 1.82) is 0 Å². The van der Waals surface area contributed by atoms with Crippen LogP contribution in [0.25, 0.3) is 0 Å². The number of rotatable bonds is 4. The molecule has 6 nitrogen and oxygen atoms in total. The van der Waals surface area contributed by atoms with Gasteiger partial charge in [-0.25, -0.2) is 9.36 Å². The number of nitrogens with zero attached hydrogens (tertiary/aromatic N) is 3. The summed E-state index contributed by atoms with van der Waals surface area (Å²) in [5, 5.41) is 2.79. The number of benzene rings is 2. The third kappa shape index (κ3) is 2.94. The molecule has 3 heterocycles. The Balaban J connectivity index is 1.35. The predicted octanol–water partition coefficient (Wildman–Crippen LogP) is 2.42. The van der Waals surface area contributed by atoms with E-state index in [9.17, 15) is 14.4 Å². The molecule has 2 aromatic carbocycles. The molecule has 0 unspecified atom stereocenters. The van der Waals surface area contributed by atoms with Gasteiger partial charge in [0.2, 0.25) is 0 Å². The van der Waals surface area contributed by atoms with Gasteiger partial charge in [-0.2, -0.15) is 4.90 Å². The molecule has 0 bridgehead atoms. The number of carbonyl (C=O) groups excluding carboxylic acids is 3. The largest absolute Gasteiger partial charge is 0.344 e. The van der Waals surface area contributed by atoms with E-state index in [0.29, 0.717) is 30.6 Å². The van der Waals surface area contributed by atoms with Gasteiger partial charge in [0, 0.05) is 5.38 Å². The first-order valence-electron chi connectivity index (χ1n) is 9.43. The second-order valence-electron chi connectivity index (χ2n) is 7.11. The van der Waals surface area contributed by atoms with Crippen LogP contribution in [0.5, 0.6) is 0 Å². The Morgan fingerprint density at radius 2 is 1.62 bits per heavy atom. The summed E-state index contributed by atoms with van der Waals surface area (Å²) in [4.78, 5) is 41.2. The molecule has 3 amide bonds. The normalized spacial score (nSPS) is 15.0. The summed E-state index contributed by atoms with van der Waals surface area (Å²) in [5.41, 5.74) is 2.76. The number of amides is 3. The summed E-state index contributed by atoms with van der Waals surface area (Å²) in [6.45, 7) is 1.48. The molecule has 0 saturated carbocycles. The molecule has 0 atom stereocenters. The molecule has 2 aliphatic rings. The van der Waals surface area contributed by atoms with Gasteiger partial charge in [-0.15, -0.1) is 0 Å². The highest BCUT2D eigenvalue weighted by atomic mass is 32.1. The van der Waals surface area contributed by atoms with E-state index in [4.69, 9.17) is 0 Å². The highest BCUT2D eigenvalue weighted by Gasteiger charge is 2.40. The maximum absolute atomic E-state index is 12.8. The van der Waals surface area contributed by atoms with Crippen LogP contribution in [-0.2, 0) is 24.3 Å². The lowest BCUT2D eigenvalue weighted by atomic mass is 10.1. The van der Waals surface area contributed by atoms with Crippen LogP contribution in [0.4, 0.5) is 5.13 Å². The van der Waals surface area contributed by atoms with Crippen molar-refractivity contribution in [3.05, 3.63) is 82.4 Å². The second-order valence-corrected chi connectivity index (χ2v) is 7.95. The average molecular weight is 404 g/mol. The van der Waals surface area contributed by atoms with E-state index in [1.807, 2.05) is 40.3 Å². The Labute approximate surface area is 171 Å². The molecule has 0 aliphatic carbocycles. The minimum absolute atomic E-state index is 0.0524. The van der Waals surface area contributed by atoms with Crippen LogP contribution in [0, 0.1) is 0 Å². The van der Waals surface area contributed by atoms with Crippen LogP contribution >= 0.6 is 11.3 Å². The van der Waals surface area contributed by atoms with Crippen LogP contribution in [0.1, 0.15) is 32.0 Å². The number of carbonyl (C=O) groups is 3. The minimum Gasteiger partial charge on any atom is -0.269 e. The van der Waals surface area contributed by atoms with Crippen molar-refractivity contribution in [2.24, 2.45) is 0 Å². The fourth-order valence-corrected chi connectivity index (χ4v) is 4.98. The first-order chi connectivity index (χ1) is 14.1. The summed E-state index contributed by atoms with van der Waals surface area (Å²) in [6.07, 6.45) is 0.354. The van der Waals surface area contributed by atoms with E-state index in [1.165, 1.54) is 16.2 Å². The zero-order chi connectivity index (χ0) is 20.0. The molecule has 0 spiro atoms. The fraction of sp³-hybridized carbons (Fsp3) is 0.182. The summed E-state index contributed by atoms with van der Waals surface area (Å²) in [6, 6.07) is 16.6. The lowest BCUT2D eigenvalue weighted by Gasteiger charge is -2.12. The van der Waals surface area contributed by atoms with Crippen molar-refractivity contribution in [2.75, 3.05) is 11.4 Å². The van der Waals surface area contributed by atoms with Gasteiger partial charge in [0.15, 0.2) is 0 Å². The highest BCUT2D eigenvalue weighted by Crippen LogP contribution is 2.28. The van der Waals surface area contributed by atoms with Crippen molar-refractivity contribution in [3.63, 3.8) is 0 Å². The zero-order valence-electron chi connectivity index (χ0n) is 15.6. The van der Waals surface area contributed by atoms with E-state index < -0.39 is 0 Å². The summed E-state index contributed by atoms with van der Waals surface area (Å²) in [5.74, 6) is -0.473. The molecule has 5 rings (SSSR count). The van der Waals surface area contributed by atoms with Crippen molar-refractivity contribution < 1.29 is 19.0 Å². The number of anilines is 1. The van der Waals surface area contributed by atoms with Crippen LogP contribution in [0.15, 0.2) is 60.0 Å². The van der Waals surface area contributed by atoms with Gasteiger partial charge in [0.05, 0.1) is 24.1 Å². The van der Waals surface area contributed by atoms with Gasteiger partial charge in [-0.3, -0.25) is 14.5 Å². The van der Waals surface area contributed by atoms with Crippen molar-refractivity contribution >= 4 is 34.2 Å². The highest BCUT2D eigenvalue weighted by molar-refractivity contribution is 7.13. The Morgan fingerprint density at radius 3 is 2.31 bits per heavy atom. The molecule has 3 aromatic rings. The van der Waals surface area contributed by atoms with E-state index in [2.05, 4.69) is 0 Å². The van der Waals surface area contributed by atoms with Gasteiger partial charge in [0.1, 0.15) is 18.8 Å². The first-order valence-corrected chi connectivity index (χ1v) is 10.3. The maximum atomic E-state index is 12.8. The van der Waals surface area contributed by atoms with Crippen molar-refractivity contribution in [3.8, 4) is 0 Å². The van der Waals surface area contributed by atoms with E-state index in [0.717, 1.165) is 16.4 Å². The SMILES string of the molecule is O=C1c2ccccc2C(=O)N1Cc1csc2[n+]1CCN2C(=O)Cc1ccccc1. The monoisotopic (exact) mass is 404 g/mol. The lowest BCUT2D eigenvalue weighted by Crippen LogP contribution is -2.39. The average Bonchev–Trinajstić information content (AvgIpc) is 3.40. The molecule has 0 N–H and O–H groups in total. The smallest absolute Gasteiger partial charge is 0.269 e. The molecule has 29 heavy (non-hydrogen) atoms. The molecule has 0 radical (unpaired) electrons. The minimum atomic E-state index is -0.263. The van der Waals surface area contributed by atoms with Gasteiger partial charge < -0.3 is 0 Å². The molecule has 1 aromatic heterocycles. The molecular weight excluding hydrogens is 386 g/mol. The van der Waals surface area contributed by atoms with E-state index >= 15 is 0 Å². The Kier molecular flexibility index (Phi) is 4.24. The summed E-state index contributed by atoms with van der Waals surface area (Å²) >= 11 is 1.47. The van der Waals surface area contributed by atoms with Gasteiger partial charge >= 0.3 is 11.0 Å². The second kappa shape index (κ2) is 6.93. The quantitative estimate of drug-likeness (QED) is 0.496. The number of hydrogen-bond donors (Lipinski definition) is 0. The lowest BCUT2D eigenvalue weighted by molar-refractivity contribution is -0.675. The van der Waals surface area contributed by atoms with Crippen molar-refractivity contribution in [1.82, 2.24) is 4.90 Å². The molecule has 7 heteroatoms. The van der Waals surface area contributed by atoms with E-state index in [1.54, 1.807) is 29.2 Å². The van der Waals surface area contributed by atoms with Crippen LogP contribution in [0.3, 0.4) is 0 Å². The third-order valence-corrected chi connectivity index (χ3v) is 6.40. The first kappa shape index (κ1) is 17.8. The molecule has 0 fully saturated rings. The number of thiazole rings is 1. The van der Waals surface area contributed by atoms with E-state index in [-0.39, 0.29) is 24.3 Å². The summed E-state index contributed by atoms with van der Waals surface area (Å²) in [7, 11) is 0. The molecular formula is C22H18N3O3S+. The molecule has 2 aliphatic heterocycles. The predicted molar refractivity (Wildman–Crippen MR) is 108 cm³/mol. The van der Waals surface area contributed by atoms with Gasteiger partial charge in [0.25, 0.3) is 11.8 Å². The number of hydrogen-bond acceptors (Lipinski definition) is 4. The van der Waals surface area contributed by atoms with Crippen molar-refractivity contribution in [2.45, 2.75) is 19.5 Å². The maximum Gasteiger partial charge on any atom is 0.344 e. The van der Waals surface area contributed by atoms with Crippen LogP contribution in [-0.4, -0.2) is 29.2 Å². The number of aromatic nitrogens is 1. The Morgan fingerprint density at radius 1 is 0.966 bits per heavy atom. The molecule has 0 saturated heterocycles. The van der Waals surface area contributed by atoms with Crippen LogP contribution in [0.2, 0.25) is 0 Å². The third-order valence-electron chi connectivity index (χ3n) is 5.35.